The van der Waals surface area contributed by atoms with Gasteiger partial charge in [0.1, 0.15) is 0 Å². The van der Waals surface area contributed by atoms with Gasteiger partial charge in [0.05, 0.1) is 10.7 Å². The Labute approximate surface area is 99.1 Å². The number of aromatic nitrogens is 3. The van der Waals surface area contributed by atoms with E-state index in [1.165, 1.54) is 5.01 Å². The van der Waals surface area contributed by atoms with Crippen molar-refractivity contribution in [1.29, 1.82) is 0 Å². The first-order valence-electron chi connectivity index (χ1n) is 5.45. The van der Waals surface area contributed by atoms with E-state index in [1.807, 2.05) is 6.07 Å². The van der Waals surface area contributed by atoms with E-state index >= 15 is 0 Å². The van der Waals surface area contributed by atoms with Crippen LogP contribution in [0.4, 0.5) is 0 Å². The third-order valence-electron chi connectivity index (χ3n) is 2.47. The zero-order chi connectivity index (χ0) is 11.4. The van der Waals surface area contributed by atoms with Crippen molar-refractivity contribution in [3.05, 3.63) is 34.0 Å². The van der Waals surface area contributed by atoms with E-state index in [0.29, 0.717) is 0 Å². The number of aromatic amines is 1. The number of rotatable bonds is 5. The van der Waals surface area contributed by atoms with Crippen LogP contribution >= 0.6 is 11.3 Å². The lowest BCUT2D eigenvalue weighted by Gasteiger charge is -2.09. The molecule has 4 nitrogen and oxygen atoms in total. The Morgan fingerprint density at radius 3 is 3.06 bits per heavy atom. The highest BCUT2D eigenvalue weighted by Crippen LogP contribution is 2.17. The van der Waals surface area contributed by atoms with Gasteiger partial charge in [0.25, 0.3) is 0 Å². The molecule has 0 saturated carbocycles. The van der Waals surface area contributed by atoms with E-state index in [0.717, 1.165) is 24.4 Å². The van der Waals surface area contributed by atoms with Crippen LogP contribution in [-0.2, 0) is 13.0 Å². The smallest absolute Gasteiger partial charge is 0.0926 e. The lowest BCUT2D eigenvalue weighted by atomic mass is 10.2. The molecule has 5 heteroatoms. The second-order valence-corrected chi connectivity index (χ2v) is 4.65. The molecular formula is C11H16N4S. The Kier molecular flexibility index (Phi) is 3.69. The number of hydrogen-bond acceptors (Lipinski definition) is 4. The summed E-state index contributed by atoms with van der Waals surface area (Å²) in [7, 11) is 0. The van der Waals surface area contributed by atoms with Crippen molar-refractivity contribution in [2.45, 2.75) is 32.9 Å². The Morgan fingerprint density at radius 2 is 2.44 bits per heavy atom. The fourth-order valence-electron chi connectivity index (χ4n) is 1.44. The second-order valence-electron chi connectivity index (χ2n) is 3.70. The molecule has 0 saturated heterocycles. The normalized spacial score (nSPS) is 12.9. The summed E-state index contributed by atoms with van der Waals surface area (Å²) in [5.41, 5.74) is 2.22. The lowest BCUT2D eigenvalue weighted by Crippen LogP contribution is -2.18. The Balaban J connectivity index is 1.90. The molecule has 0 aromatic carbocycles. The second kappa shape index (κ2) is 5.23. The summed E-state index contributed by atoms with van der Waals surface area (Å²) in [6, 6.07) is 2.25. The van der Waals surface area contributed by atoms with Gasteiger partial charge in [0, 0.05) is 29.9 Å². The molecule has 0 aliphatic heterocycles. The van der Waals surface area contributed by atoms with Gasteiger partial charge in [-0.25, -0.2) is 4.98 Å². The molecule has 16 heavy (non-hydrogen) atoms. The fourth-order valence-corrected chi connectivity index (χ4v) is 2.28. The molecule has 2 heterocycles. The van der Waals surface area contributed by atoms with Crippen LogP contribution in [0.2, 0.25) is 0 Å². The number of nitrogens with zero attached hydrogens (tertiary/aromatic N) is 2. The van der Waals surface area contributed by atoms with Crippen molar-refractivity contribution in [1.82, 2.24) is 20.5 Å². The highest BCUT2D eigenvalue weighted by atomic mass is 32.1. The topological polar surface area (TPSA) is 53.6 Å². The maximum atomic E-state index is 4.56. The maximum Gasteiger partial charge on any atom is 0.0926 e. The first-order chi connectivity index (χ1) is 7.79. The predicted molar refractivity (Wildman–Crippen MR) is 65.3 cm³/mol. The Hall–Kier alpha value is -1.20. The zero-order valence-electron chi connectivity index (χ0n) is 9.53. The molecule has 0 amide bonds. The molecule has 2 aromatic heterocycles. The third-order valence-corrected chi connectivity index (χ3v) is 3.48. The van der Waals surface area contributed by atoms with E-state index in [4.69, 9.17) is 0 Å². The van der Waals surface area contributed by atoms with Crippen molar-refractivity contribution in [3.8, 4) is 0 Å². The summed E-state index contributed by atoms with van der Waals surface area (Å²) >= 11 is 1.73. The SMILES string of the molecule is CCc1nc(C(C)NCc2ccn[nH]2)cs1. The third kappa shape index (κ3) is 2.68. The van der Waals surface area contributed by atoms with E-state index in [9.17, 15) is 0 Å². The molecule has 0 bridgehead atoms. The summed E-state index contributed by atoms with van der Waals surface area (Å²) in [6.07, 6.45) is 2.78. The van der Waals surface area contributed by atoms with Gasteiger partial charge in [-0.2, -0.15) is 5.10 Å². The summed E-state index contributed by atoms with van der Waals surface area (Å²) in [4.78, 5) is 4.56. The van der Waals surface area contributed by atoms with Gasteiger partial charge in [-0.15, -0.1) is 11.3 Å². The maximum absolute atomic E-state index is 4.56. The molecule has 0 aliphatic rings. The first kappa shape index (κ1) is 11.3. The van der Waals surface area contributed by atoms with Crippen LogP contribution in [0, 0.1) is 0 Å². The molecule has 0 fully saturated rings. The van der Waals surface area contributed by atoms with Crippen molar-refractivity contribution < 1.29 is 0 Å². The van der Waals surface area contributed by atoms with Crippen LogP contribution in [0.3, 0.4) is 0 Å². The van der Waals surface area contributed by atoms with Crippen molar-refractivity contribution in [2.75, 3.05) is 0 Å². The average molecular weight is 236 g/mol. The van der Waals surface area contributed by atoms with E-state index in [2.05, 4.69) is 39.7 Å². The highest BCUT2D eigenvalue weighted by Gasteiger charge is 2.08. The molecule has 1 atom stereocenters. The van der Waals surface area contributed by atoms with Gasteiger partial charge in [-0.05, 0) is 19.4 Å². The monoisotopic (exact) mass is 236 g/mol. The predicted octanol–water partition coefficient (Wildman–Crippen LogP) is 2.28. The van der Waals surface area contributed by atoms with Gasteiger partial charge < -0.3 is 5.32 Å². The van der Waals surface area contributed by atoms with Crippen molar-refractivity contribution in [2.24, 2.45) is 0 Å². The molecule has 86 valence electrons. The van der Waals surface area contributed by atoms with Crippen LogP contribution in [0.5, 0.6) is 0 Å². The molecule has 0 spiro atoms. The standard InChI is InChI=1S/C11H16N4S/c1-3-11-14-10(7-16-11)8(2)12-6-9-4-5-13-15-9/h4-5,7-8,12H,3,6H2,1-2H3,(H,13,15). The number of thiazole rings is 1. The van der Waals surface area contributed by atoms with Crippen molar-refractivity contribution in [3.63, 3.8) is 0 Å². The Morgan fingerprint density at radius 1 is 1.56 bits per heavy atom. The van der Waals surface area contributed by atoms with E-state index < -0.39 is 0 Å². The quantitative estimate of drug-likeness (QED) is 0.837. The van der Waals surface area contributed by atoms with Crippen LogP contribution in [0.1, 0.15) is 36.3 Å². The van der Waals surface area contributed by atoms with Crippen LogP contribution in [-0.4, -0.2) is 15.2 Å². The van der Waals surface area contributed by atoms with Gasteiger partial charge in [0.2, 0.25) is 0 Å². The minimum Gasteiger partial charge on any atom is -0.303 e. The molecule has 2 rings (SSSR count). The molecule has 0 radical (unpaired) electrons. The van der Waals surface area contributed by atoms with E-state index in [-0.39, 0.29) is 6.04 Å². The summed E-state index contributed by atoms with van der Waals surface area (Å²) in [6.45, 7) is 5.05. The molecule has 2 aromatic rings. The largest absolute Gasteiger partial charge is 0.303 e. The minimum atomic E-state index is 0.278. The van der Waals surface area contributed by atoms with Gasteiger partial charge in [-0.3, -0.25) is 5.10 Å². The van der Waals surface area contributed by atoms with Crippen molar-refractivity contribution >= 4 is 11.3 Å². The lowest BCUT2D eigenvalue weighted by molar-refractivity contribution is 0.556. The summed E-state index contributed by atoms with van der Waals surface area (Å²) in [5, 5.41) is 13.6. The fraction of sp³-hybridized carbons (Fsp3) is 0.455. The first-order valence-corrected chi connectivity index (χ1v) is 6.33. The van der Waals surface area contributed by atoms with Gasteiger partial charge >= 0.3 is 0 Å². The molecule has 1 unspecified atom stereocenters. The number of nitrogens with one attached hydrogen (secondary N) is 2. The minimum absolute atomic E-state index is 0.278. The number of hydrogen-bond donors (Lipinski definition) is 2. The van der Waals surface area contributed by atoms with Gasteiger partial charge in [-0.1, -0.05) is 6.92 Å². The average Bonchev–Trinajstić information content (AvgIpc) is 2.96. The Bertz CT molecular complexity index is 421. The number of aryl methyl sites for hydroxylation is 1. The molecule has 0 aliphatic carbocycles. The van der Waals surface area contributed by atoms with Crippen LogP contribution in [0.15, 0.2) is 17.6 Å². The van der Waals surface area contributed by atoms with Crippen LogP contribution in [0.25, 0.3) is 0 Å². The summed E-state index contributed by atoms with van der Waals surface area (Å²) < 4.78 is 0. The number of H-pyrrole nitrogens is 1. The molecule has 2 N–H and O–H groups in total. The summed E-state index contributed by atoms with van der Waals surface area (Å²) in [5.74, 6) is 0. The van der Waals surface area contributed by atoms with Crippen LogP contribution < -0.4 is 5.32 Å². The molecular weight excluding hydrogens is 220 g/mol. The highest BCUT2D eigenvalue weighted by molar-refractivity contribution is 7.09. The van der Waals surface area contributed by atoms with E-state index in [1.54, 1.807) is 17.5 Å². The zero-order valence-corrected chi connectivity index (χ0v) is 10.3. The van der Waals surface area contributed by atoms with Gasteiger partial charge in [0.15, 0.2) is 0 Å².